The van der Waals surface area contributed by atoms with Gasteiger partial charge < -0.3 is 10.1 Å². The number of methoxy groups -OCH3 is 1. The van der Waals surface area contributed by atoms with Gasteiger partial charge in [0.2, 0.25) is 5.16 Å². The summed E-state index contributed by atoms with van der Waals surface area (Å²) in [6, 6.07) is -0.205. The summed E-state index contributed by atoms with van der Waals surface area (Å²) in [5.41, 5.74) is 0. The highest BCUT2D eigenvalue weighted by Gasteiger charge is 2.31. The summed E-state index contributed by atoms with van der Waals surface area (Å²) in [7, 11) is 3.19. The minimum atomic E-state index is -0.209. The molecule has 1 N–H and O–H groups in total. The van der Waals surface area contributed by atoms with Gasteiger partial charge >= 0.3 is 5.97 Å². The van der Waals surface area contributed by atoms with Crippen molar-refractivity contribution in [2.45, 2.75) is 22.9 Å². The second-order valence-corrected chi connectivity index (χ2v) is 4.81. The van der Waals surface area contributed by atoms with Crippen LogP contribution < -0.4 is 5.32 Å². The second kappa shape index (κ2) is 4.79. The molecular formula is C8H13N5O2S. The number of ether oxygens (including phenoxy) is 1. The zero-order valence-electron chi connectivity index (χ0n) is 9.08. The molecule has 7 nitrogen and oxygen atoms in total. The highest BCUT2D eigenvalue weighted by Crippen LogP contribution is 2.26. The highest BCUT2D eigenvalue weighted by molar-refractivity contribution is 7.99. The Morgan fingerprint density at radius 2 is 2.50 bits per heavy atom. The fourth-order valence-electron chi connectivity index (χ4n) is 1.59. The van der Waals surface area contributed by atoms with Gasteiger partial charge in [0.05, 0.1) is 7.11 Å². The maximum absolute atomic E-state index is 11.3. The first-order valence-corrected chi connectivity index (χ1v) is 5.79. The van der Waals surface area contributed by atoms with Crippen LogP contribution in [0.1, 0.15) is 6.42 Å². The van der Waals surface area contributed by atoms with E-state index in [1.165, 1.54) is 7.11 Å². The van der Waals surface area contributed by atoms with Crippen molar-refractivity contribution in [1.82, 2.24) is 25.5 Å². The zero-order chi connectivity index (χ0) is 11.5. The van der Waals surface area contributed by atoms with Gasteiger partial charge in [-0.2, -0.15) is 0 Å². The van der Waals surface area contributed by atoms with E-state index in [1.54, 1.807) is 23.5 Å². The molecule has 0 unspecified atom stereocenters. The Labute approximate surface area is 96.9 Å². The van der Waals surface area contributed by atoms with Crippen LogP contribution in [0.5, 0.6) is 0 Å². The number of rotatable bonds is 3. The van der Waals surface area contributed by atoms with Crippen molar-refractivity contribution in [1.29, 1.82) is 0 Å². The number of carbonyl (C=O) groups excluding carboxylic acids is 1. The molecule has 16 heavy (non-hydrogen) atoms. The van der Waals surface area contributed by atoms with Crippen molar-refractivity contribution in [3.63, 3.8) is 0 Å². The Kier molecular flexibility index (Phi) is 3.39. The highest BCUT2D eigenvalue weighted by atomic mass is 32.2. The molecule has 0 bridgehead atoms. The number of aromatic nitrogens is 4. The maximum Gasteiger partial charge on any atom is 0.322 e. The van der Waals surface area contributed by atoms with Gasteiger partial charge in [-0.1, -0.05) is 11.8 Å². The summed E-state index contributed by atoms with van der Waals surface area (Å²) < 4.78 is 6.31. The Balaban J connectivity index is 1.90. The van der Waals surface area contributed by atoms with Gasteiger partial charge in [-0.3, -0.25) is 4.79 Å². The number of aryl methyl sites for hydroxylation is 1. The summed E-state index contributed by atoms with van der Waals surface area (Å²) in [6.07, 6.45) is 0.740. The van der Waals surface area contributed by atoms with Crippen LogP contribution in [0.25, 0.3) is 0 Å². The molecule has 2 atom stereocenters. The number of esters is 1. The van der Waals surface area contributed by atoms with Gasteiger partial charge in [0, 0.05) is 18.8 Å². The van der Waals surface area contributed by atoms with Gasteiger partial charge in [-0.05, 0) is 16.8 Å². The number of carbonyl (C=O) groups is 1. The Bertz CT molecular complexity index is 382. The molecule has 0 aliphatic carbocycles. The predicted octanol–water partition coefficient (Wildman–Crippen LogP) is -0.794. The standard InChI is InChI=1S/C8H13N5O2S/c1-13-8(10-11-12-13)16-5-3-6(9-4-5)7(14)15-2/h5-6,9H,3-4H2,1-2H3/t5-,6+/m1/s1. The second-order valence-electron chi connectivity index (χ2n) is 3.54. The molecule has 1 saturated heterocycles. The van der Waals surface area contributed by atoms with Crippen molar-refractivity contribution in [3.05, 3.63) is 0 Å². The van der Waals surface area contributed by atoms with Gasteiger partial charge in [0.25, 0.3) is 0 Å². The fourth-order valence-corrected chi connectivity index (χ4v) is 2.62. The molecule has 1 aliphatic rings. The van der Waals surface area contributed by atoms with E-state index >= 15 is 0 Å². The average Bonchev–Trinajstić information content (AvgIpc) is 2.89. The van der Waals surface area contributed by atoms with Crippen molar-refractivity contribution in [2.75, 3.05) is 13.7 Å². The largest absolute Gasteiger partial charge is 0.468 e. The molecule has 0 aromatic carbocycles. The van der Waals surface area contributed by atoms with Crippen LogP contribution in [-0.2, 0) is 16.6 Å². The Hall–Kier alpha value is -1.15. The van der Waals surface area contributed by atoms with Crippen LogP contribution >= 0.6 is 11.8 Å². The lowest BCUT2D eigenvalue weighted by Gasteiger charge is -2.07. The van der Waals surface area contributed by atoms with Crippen LogP contribution in [0.15, 0.2) is 5.16 Å². The molecule has 1 aromatic heterocycles. The number of tetrazole rings is 1. The number of hydrogen-bond acceptors (Lipinski definition) is 7. The number of thioether (sulfide) groups is 1. The monoisotopic (exact) mass is 243 g/mol. The van der Waals surface area contributed by atoms with Crippen molar-refractivity contribution >= 4 is 17.7 Å². The fraction of sp³-hybridized carbons (Fsp3) is 0.750. The van der Waals surface area contributed by atoms with Crippen molar-refractivity contribution < 1.29 is 9.53 Å². The Morgan fingerprint density at radius 1 is 1.69 bits per heavy atom. The van der Waals surface area contributed by atoms with E-state index in [9.17, 15) is 4.79 Å². The van der Waals surface area contributed by atoms with Crippen molar-refractivity contribution in [3.8, 4) is 0 Å². The molecule has 1 fully saturated rings. The van der Waals surface area contributed by atoms with E-state index in [4.69, 9.17) is 0 Å². The van der Waals surface area contributed by atoms with E-state index in [0.29, 0.717) is 5.25 Å². The first kappa shape index (κ1) is 11.3. The lowest BCUT2D eigenvalue weighted by atomic mass is 10.2. The lowest BCUT2D eigenvalue weighted by molar-refractivity contribution is -0.142. The van der Waals surface area contributed by atoms with Gasteiger partial charge in [0.1, 0.15) is 6.04 Å². The van der Waals surface area contributed by atoms with E-state index in [1.807, 2.05) is 0 Å². The minimum Gasteiger partial charge on any atom is -0.468 e. The predicted molar refractivity (Wildman–Crippen MR) is 56.9 cm³/mol. The number of nitrogens with one attached hydrogen (secondary N) is 1. The molecule has 2 rings (SSSR count). The molecular weight excluding hydrogens is 230 g/mol. The topological polar surface area (TPSA) is 81.9 Å². The first-order valence-electron chi connectivity index (χ1n) is 4.91. The van der Waals surface area contributed by atoms with Crippen molar-refractivity contribution in [2.24, 2.45) is 7.05 Å². The Morgan fingerprint density at radius 3 is 3.12 bits per heavy atom. The summed E-state index contributed by atoms with van der Waals surface area (Å²) >= 11 is 1.57. The van der Waals surface area contributed by atoms with Gasteiger partial charge in [-0.25, -0.2) is 4.68 Å². The molecule has 1 aliphatic heterocycles. The third kappa shape index (κ3) is 2.33. The van der Waals surface area contributed by atoms with Crippen LogP contribution in [0.4, 0.5) is 0 Å². The average molecular weight is 243 g/mol. The van der Waals surface area contributed by atoms with E-state index < -0.39 is 0 Å². The van der Waals surface area contributed by atoms with E-state index in [0.717, 1.165) is 18.1 Å². The van der Waals surface area contributed by atoms with Gasteiger partial charge in [-0.15, -0.1) is 5.10 Å². The van der Waals surface area contributed by atoms with Crippen LogP contribution in [0.3, 0.4) is 0 Å². The van der Waals surface area contributed by atoms with Gasteiger partial charge in [0.15, 0.2) is 0 Å². The third-order valence-electron chi connectivity index (χ3n) is 2.43. The van der Waals surface area contributed by atoms with Crippen LogP contribution in [0, 0.1) is 0 Å². The molecule has 0 saturated carbocycles. The van der Waals surface area contributed by atoms with Crippen LogP contribution in [-0.4, -0.2) is 51.1 Å². The molecule has 0 radical (unpaired) electrons. The minimum absolute atomic E-state index is 0.205. The van der Waals surface area contributed by atoms with E-state index in [-0.39, 0.29) is 12.0 Å². The lowest BCUT2D eigenvalue weighted by Crippen LogP contribution is -2.31. The molecule has 8 heteroatoms. The normalized spacial score (nSPS) is 24.6. The molecule has 0 amide bonds. The summed E-state index contributed by atoms with van der Waals surface area (Å²) in [5.74, 6) is -0.209. The number of nitrogens with zero attached hydrogens (tertiary/aromatic N) is 4. The molecule has 1 aromatic rings. The summed E-state index contributed by atoms with van der Waals surface area (Å²) in [5, 5.41) is 15.4. The molecule has 0 spiro atoms. The van der Waals surface area contributed by atoms with E-state index in [2.05, 4.69) is 25.6 Å². The third-order valence-corrected chi connectivity index (χ3v) is 3.68. The molecule has 2 heterocycles. The first-order chi connectivity index (χ1) is 7.70. The SMILES string of the molecule is COC(=O)[C@@H]1C[C@@H](Sc2nnnn2C)CN1. The number of hydrogen-bond donors (Lipinski definition) is 1. The maximum atomic E-state index is 11.3. The van der Waals surface area contributed by atoms with Crippen LogP contribution in [0.2, 0.25) is 0 Å². The molecule has 88 valence electrons. The quantitative estimate of drug-likeness (QED) is 0.696. The zero-order valence-corrected chi connectivity index (χ0v) is 9.90. The smallest absolute Gasteiger partial charge is 0.322 e. The summed E-state index contributed by atoms with van der Waals surface area (Å²) in [4.78, 5) is 11.3. The summed E-state index contributed by atoms with van der Waals surface area (Å²) in [6.45, 7) is 0.761.